The van der Waals surface area contributed by atoms with Crippen LogP contribution in [-0.2, 0) is 24.6 Å². The highest BCUT2D eigenvalue weighted by molar-refractivity contribution is 7.93. The number of rotatable bonds is 4. The van der Waals surface area contributed by atoms with Crippen LogP contribution >= 0.6 is 11.3 Å². The molecule has 1 aliphatic rings. The van der Waals surface area contributed by atoms with E-state index in [4.69, 9.17) is 4.74 Å². The van der Waals surface area contributed by atoms with Crippen molar-refractivity contribution in [1.82, 2.24) is 4.31 Å². The Hall–Kier alpha value is -1.26. The highest BCUT2D eigenvalue weighted by Crippen LogP contribution is 2.30. The molecule has 3 rings (SSSR count). The van der Waals surface area contributed by atoms with Crippen molar-refractivity contribution in [3.8, 4) is 0 Å². The normalized spacial score (nSPS) is 17.2. The first-order valence-corrected chi connectivity index (χ1v) is 10.7. The van der Waals surface area contributed by atoms with Gasteiger partial charge in [0.2, 0.25) is 19.9 Å². The maximum Gasteiger partial charge on any atom is 0.244 e. The van der Waals surface area contributed by atoms with Gasteiger partial charge in [-0.2, -0.15) is 4.31 Å². The van der Waals surface area contributed by atoms with Gasteiger partial charge in [0, 0.05) is 18.5 Å². The molecule has 1 saturated heterocycles. The molecular weight excluding hydrogens is 358 g/mol. The van der Waals surface area contributed by atoms with E-state index in [1.54, 1.807) is 18.2 Å². The van der Waals surface area contributed by atoms with E-state index in [2.05, 4.69) is 0 Å². The van der Waals surface area contributed by atoms with Gasteiger partial charge in [-0.3, -0.25) is 0 Å². The lowest BCUT2D eigenvalue weighted by atomic mass is 10.4. The maximum atomic E-state index is 12.5. The van der Waals surface area contributed by atoms with Gasteiger partial charge < -0.3 is 4.74 Å². The lowest BCUT2D eigenvalue weighted by Crippen LogP contribution is -2.40. The average Bonchev–Trinajstić information content (AvgIpc) is 3.08. The predicted molar refractivity (Wildman–Crippen MR) is 85.8 cm³/mol. The van der Waals surface area contributed by atoms with Gasteiger partial charge in [0.15, 0.2) is 0 Å². The van der Waals surface area contributed by atoms with Crippen molar-refractivity contribution in [3.63, 3.8) is 0 Å². The Bertz CT molecular complexity index is 882. The lowest BCUT2D eigenvalue weighted by molar-refractivity contribution is 0.0730. The minimum Gasteiger partial charge on any atom is -0.379 e. The minimum absolute atomic E-state index is 0.0129. The predicted octanol–water partition coefficient (Wildman–Crippen LogP) is 1.60. The molecule has 2 aromatic rings. The smallest absolute Gasteiger partial charge is 0.244 e. The second-order valence-corrected chi connectivity index (χ2v) is 9.96. The Morgan fingerprint density at radius 3 is 2.26 bits per heavy atom. The van der Waals surface area contributed by atoms with E-state index in [1.165, 1.54) is 27.9 Å². The highest BCUT2D eigenvalue weighted by Gasteiger charge is 2.29. The fourth-order valence-electron chi connectivity index (χ4n) is 2.23. The van der Waals surface area contributed by atoms with Gasteiger partial charge in [-0.05, 0) is 18.2 Å². The fourth-order valence-corrected chi connectivity index (χ4v) is 6.67. The van der Waals surface area contributed by atoms with Crippen molar-refractivity contribution in [2.45, 2.75) is 14.0 Å². The topological polar surface area (TPSA) is 80.8 Å². The van der Waals surface area contributed by atoms with Crippen LogP contribution in [0.3, 0.4) is 0 Å². The second kappa shape index (κ2) is 6.33. The summed E-state index contributed by atoms with van der Waals surface area (Å²) >= 11 is 0.917. The quantitative estimate of drug-likeness (QED) is 0.813. The average molecular weight is 373 g/mol. The molecule has 1 fully saturated rings. The molecule has 23 heavy (non-hydrogen) atoms. The minimum atomic E-state index is -3.70. The number of ether oxygens (including phenoxy) is 1. The zero-order chi connectivity index (χ0) is 16.5. The monoisotopic (exact) mass is 373 g/mol. The number of sulfonamides is 1. The molecule has 0 saturated carbocycles. The molecule has 0 unspecified atom stereocenters. The fraction of sp³-hybridized carbons (Fsp3) is 0.286. The largest absolute Gasteiger partial charge is 0.379 e. The van der Waals surface area contributed by atoms with Crippen LogP contribution in [0.1, 0.15) is 0 Å². The van der Waals surface area contributed by atoms with Crippen LogP contribution < -0.4 is 0 Å². The van der Waals surface area contributed by atoms with Gasteiger partial charge in [-0.1, -0.05) is 18.2 Å². The summed E-state index contributed by atoms with van der Waals surface area (Å²) < 4.78 is 56.6. The van der Waals surface area contributed by atoms with Crippen molar-refractivity contribution in [2.75, 3.05) is 26.3 Å². The van der Waals surface area contributed by atoms with E-state index in [-0.39, 0.29) is 27.1 Å². The van der Waals surface area contributed by atoms with Crippen molar-refractivity contribution in [2.24, 2.45) is 0 Å². The van der Waals surface area contributed by atoms with Crippen LogP contribution in [0.5, 0.6) is 0 Å². The van der Waals surface area contributed by atoms with E-state index in [1.807, 2.05) is 0 Å². The lowest BCUT2D eigenvalue weighted by Gasteiger charge is -2.25. The number of thiophene rings is 1. The molecule has 0 radical (unpaired) electrons. The molecule has 0 bridgehead atoms. The van der Waals surface area contributed by atoms with Crippen molar-refractivity contribution < 1.29 is 21.6 Å². The van der Waals surface area contributed by atoms with E-state index in [0.29, 0.717) is 13.2 Å². The summed E-state index contributed by atoms with van der Waals surface area (Å²) in [5.74, 6) is 0. The number of benzene rings is 1. The summed E-state index contributed by atoms with van der Waals surface area (Å²) in [6, 6.07) is 9.20. The Morgan fingerprint density at radius 1 is 0.957 bits per heavy atom. The number of hydrogen-bond donors (Lipinski definition) is 0. The molecule has 0 amide bonds. The summed E-state index contributed by atoms with van der Waals surface area (Å²) in [5, 5.41) is 1.38. The van der Waals surface area contributed by atoms with E-state index >= 15 is 0 Å². The number of morpholine rings is 1. The third-order valence-electron chi connectivity index (χ3n) is 3.48. The first-order valence-electron chi connectivity index (χ1n) is 6.89. The standard InChI is InChI=1S/C14H15NO5S3/c16-22(17,12-4-2-1-3-5-12)14-10-13(11-21-14)23(18,19)15-6-8-20-9-7-15/h1-5,10-11H,6-9H2. The number of sulfone groups is 1. The summed E-state index contributed by atoms with van der Waals surface area (Å²) in [7, 11) is -7.38. The number of hydrogen-bond acceptors (Lipinski definition) is 6. The maximum absolute atomic E-state index is 12.5. The second-order valence-electron chi connectivity index (χ2n) is 4.93. The Morgan fingerprint density at radius 2 is 1.61 bits per heavy atom. The van der Waals surface area contributed by atoms with Gasteiger partial charge >= 0.3 is 0 Å². The first-order chi connectivity index (χ1) is 10.9. The van der Waals surface area contributed by atoms with E-state index in [9.17, 15) is 16.8 Å². The highest BCUT2D eigenvalue weighted by atomic mass is 32.2. The summed E-state index contributed by atoms with van der Waals surface area (Å²) in [4.78, 5) is 0.163. The van der Waals surface area contributed by atoms with Gasteiger partial charge in [0.25, 0.3) is 0 Å². The first kappa shape index (κ1) is 16.6. The zero-order valence-corrected chi connectivity index (χ0v) is 14.5. The van der Waals surface area contributed by atoms with Crippen LogP contribution in [0.2, 0.25) is 0 Å². The number of nitrogens with zero attached hydrogens (tertiary/aromatic N) is 1. The molecule has 0 spiro atoms. The van der Waals surface area contributed by atoms with E-state index in [0.717, 1.165) is 11.3 Å². The van der Waals surface area contributed by atoms with Gasteiger partial charge in [-0.15, -0.1) is 11.3 Å². The molecule has 124 valence electrons. The Labute approximate surface area is 139 Å². The SMILES string of the molecule is O=S(=O)(c1ccccc1)c1cc(S(=O)(=O)N2CCOCC2)cs1. The molecule has 2 heterocycles. The summed E-state index contributed by atoms with van der Waals surface area (Å²) in [6.45, 7) is 1.25. The summed E-state index contributed by atoms with van der Waals surface area (Å²) in [5.41, 5.74) is 0. The van der Waals surface area contributed by atoms with Crippen LogP contribution in [0.4, 0.5) is 0 Å². The van der Waals surface area contributed by atoms with Gasteiger partial charge in [0.1, 0.15) is 4.21 Å². The van der Waals surface area contributed by atoms with Crippen molar-refractivity contribution in [1.29, 1.82) is 0 Å². The van der Waals surface area contributed by atoms with Gasteiger partial charge in [-0.25, -0.2) is 16.8 Å². The summed E-state index contributed by atoms with van der Waals surface area (Å²) in [6.07, 6.45) is 0. The zero-order valence-electron chi connectivity index (χ0n) is 12.1. The molecule has 1 aromatic carbocycles. The molecule has 0 aliphatic carbocycles. The van der Waals surface area contributed by atoms with Crippen LogP contribution in [0.15, 0.2) is 55.8 Å². The molecule has 0 atom stereocenters. The van der Waals surface area contributed by atoms with Crippen LogP contribution in [0.25, 0.3) is 0 Å². The molecular formula is C14H15NO5S3. The van der Waals surface area contributed by atoms with Crippen LogP contribution in [0, 0.1) is 0 Å². The third-order valence-corrected chi connectivity index (χ3v) is 8.71. The Balaban J connectivity index is 1.94. The van der Waals surface area contributed by atoms with Crippen molar-refractivity contribution in [3.05, 3.63) is 41.8 Å². The Kier molecular flexibility index (Phi) is 4.56. The molecule has 6 nitrogen and oxygen atoms in total. The van der Waals surface area contributed by atoms with Crippen molar-refractivity contribution >= 4 is 31.2 Å². The molecule has 1 aliphatic heterocycles. The molecule has 0 N–H and O–H groups in total. The third kappa shape index (κ3) is 3.20. The van der Waals surface area contributed by atoms with E-state index < -0.39 is 19.9 Å². The molecule has 9 heteroatoms. The van der Waals surface area contributed by atoms with Gasteiger partial charge in [0.05, 0.1) is 23.0 Å². The van der Waals surface area contributed by atoms with Crippen LogP contribution in [-0.4, -0.2) is 47.4 Å². The molecule has 1 aromatic heterocycles.